The first-order valence-electron chi connectivity index (χ1n) is 9.54. The lowest BCUT2D eigenvalue weighted by molar-refractivity contribution is -0.158. The molecule has 4 rings (SSSR count). The minimum atomic E-state index is -1.13. The Kier molecular flexibility index (Phi) is 4.86. The van der Waals surface area contributed by atoms with Gasteiger partial charge >= 0.3 is 12.0 Å². The van der Waals surface area contributed by atoms with Crippen LogP contribution in [0.25, 0.3) is 11.1 Å². The van der Waals surface area contributed by atoms with Crippen LogP contribution in [0.5, 0.6) is 0 Å². The van der Waals surface area contributed by atoms with E-state index in [4.69, 9.17) is 0 Å². The molecule has 144 valence electrons. The van der Waals surface area contributed by atoms with Crippen molar-refractivity contribution in [1.82, 2.24) is 9.80 Å². The molecule has 0 radical (unpaired) electrons. The molecule has 2 heterocycles. The Bertz CT molecular complexity index is 912. The number of benzene rings is 2. The Morgan fingerprint density at radius 2 is 1.75 bits per heavy atom. The molecule has 6 nitrogen and oxygen atoms in total. The van der Waals surface area contributed by atoms with Crippen LogP contribution in [0.2, 0.25) is 0 Å². The van der Waals surface area contributed by atoms with Gasteiger partial charge < -0.3 is 10.0 Å². The molecule has 3 amide bonds. The molecule has 2 aromatic rings. The fraction of sp³-hybridized carbons (Fsp3) is 0.318. The molecule has 0 saturated carbocycles. The lowest BCUT2D eigenvalue weighted by Crippen LogP contribution is -2.63. The van der Waals surface area contributed by atoms with Crippen molar-refractivity contribution in [1.29, 1.82) is 0 Å². The van der Waals surface area contributed by atoms with Crippen LogP contribution in [-0.4, -0.2) is 51.9 Å². The van der Waals surface area contributed by atoms with Crippen molar-refractivity contribution in [3.63, 3.8) is 0 Å². The van der Waals surface area contributed by atoms with Crippen molar-refractivity contribution in [3.05, 3.63) is 60.2 Å². The standard InChI is InChI=1S/C22H22N2O4/c25-20-13-19(21(26)27)24(20)22(28)23-11-5-10-18(14-23)17-9-4-8-16(12-17)15-6-2-1-3-7-15/h1-4,6-9,12,18-19H,5,10-11,13-14H2,(H,26,27). The fourth-order valence-corrected chi connectivity index (χ4v) is 4.03. The number of carboxylic acids is 1. The van der Waals surface area contributed by atoms with Crippen LogP contribution in [0.3, 0.4) is 0 Å². The van der Waals surface area contributed by atoms with Crippen molar-refractivity contribution < 1.29 is 19.5 Å². The van der Waals surface area contributed by atoms with Crippen molar-refractivity contribution in [2.24, 2.45) is 0 Å². The number of imide groups is 1. The smallest absolute Gasteiger partial charge is 0.327 e. The van der Waals surface area contributed by atoms with E-state index in [1.165, 1.54) is 0 Å². The van der Waals surface area contributed by atoms with Gasteiger partial charge in [0.05, 0.1) is 6.42 Å². The number of likely N-dealkylation sites (tertiary alicyclic amines) is 2. The van der Waals surface area contributed by atoms with Crippen molar-refractivity contribution in [2.45, 2.75) is 31.2 Å². The summed E-state index contributed by atoms with van der Waals surface area (Å²) in [5, 5.41) is 9.17. The summed E-state index contributed by atoms with van der Waals surface area (Å²) in [5.41, 5.74) is 3.43. The van der Waals surface area contributed by atoms with Crippen molar-refractivity contribution in [3.8, 4) is 11.1 Å². The minimum Gasteiger partial charge on any atom is -0.480 e. The number of amides is 3. The Morgan fingerprint density at radius 1 is 1.00 bits per heavy atom. The third-order valence-electron chi connectivity index (χ3n) is 5.60. The number of rotatable bonds is 3. The van der Waals surface area contributed by atoms with Crippen LogP contribution < -0.4 is 0 Å². The van der Waals surface area contributed by atoms with E-state index in [2.05, 4.69) is 30.3 Å². The van der Waals surface area contributed by atoms with Gasteiger partial charge in [-0.3, -0.25) is 4.79 Å². The fourth-order valence-electron chi connectivity index (χ4n) is 4.03. The second-order valence-electron chi connectivity index (χ2n) is 7.38. The molecule has 2 aromatic carbocycles. The average molecular weight is 378 g/mol. The first-order chi connectivity index (χ1) is 13.5. The molecule has 2 aliphatic heterocycles. The van der Waals surface area contributed by atoms with Crippen LogP contribution >= 0.6 is 0 Å². The van der Waals surface area contributed by atoms with Gasteiger partial charge in [0.15, 0.2) is 0 Å². The summed E-state index contributed by atoms with van der Waals surface area (Å²) in [6.45, 7) is 1.04. The molecule has 0 spiro atoms. The summed E-state index contributed by atoms with van der Waals surface area (Å²) >= 11 is 0. The highest BCUT2D eigenvalue weighted by Crippen LogP contribution is 2.31. The first kappa shape index (κ1) is 18.2. The number of hydrogen-bond donors (Lipinski definition) is 1. The molecule has 0 aromatic heterocycles. The Hall–Kier alpha value is -3.15. The van der Waals surface area contributed by atoms with Crippen LogP contribution in [0, 0.1) is 0 Å². The lowest BCUT2D eigenvalue weighted by Gasteiger charge is -2.41. The summed E-state index contributed by atoms with van der Waals surface area (Å²) in [6.07, 6.45) is 1.68. The first-order valence-corrected chi connectivity index (χ1v) is 9.54. The maximum atomic E-state index is 12.7. The monoisotopic (exact) mass is 378 g/mol. The molecule has 1 N–H and O–H groups in total. The topological polar surface area (TPSA) is 77.9 Å². The van der Waals surface area contributed by atoms with E-state index in [0.717, 1.165) is 34.4 Å². The molecule has 2 aliphatic rings. The number of carbonyl (C=O) groups excluding carboxylic acids is 2. The van der Waals surface area contributed by atoms with Gasteiger partial charge in [0.2, 0.25) is 5.91 Å². The molecule has 2 unspecified atom stereocenters. The maximum Gasteiger partial charge on any atom is 0.327 e. The third kappa shape index (κ3) is 3.38. The maximum absolute atomic E-state index is 12.7. The van der Waals surface area contributed by atoms with E-state index in [1.807, 2.05) is 24.3 Å². The zero-order chi connectivity index (χ0) is 19.7. The number of urea groups is 1. The summed E-state index contributed by atoms with van der Waals surface area (Å²) in [7, 11) is 0. The summed E-state index contributed by atoms with van der Waals surface area (Å²) in [4.78, 5) is 38.3. The number of carboxylic acid groups (broad SMARTS) is 1. The Morgan fingerprint density at radius 3 is 2.46 bits per heavy atom. The zero-order valence-electron chi connectivity index (χ0n) is 15.5. The number of aliphatic carboxylic acids is 1. The van der Waals surface area contributed by atoms with Crippen LogP contribution in [0.15, 0.2) is 54.6 Å². The van der Waals surface area contributed by atoms with Gasteiger partial charge in [-0.1, -0.05) is 54.6 Å². The molecule has 2 atom stereocenters. The van der Waals surface area contributed by atoms with Gasteiger partial charge in [-0.2, -0.15) is 0 Å². The van der Waals surface area contributed by atoms with Gasteiger partial charge in [0.25, 0.3) is 0 Å². The lowest BCUT2D eigenvalue weighted by atomic mass is 9.88. The zero-order valence-corrected chi connectivity index (χ0v) is 15.5. The predicted octanol–water partition coefficient (Wildman–Crippen LogP) is 3.34. The largest absolute Gasteiger partial charge is 0.480 e. The summed E-state index contributed by atoms with van der Waals surface area (Å²) in [6, 6.07) is 16.9. The van der Waals surface area contributed by atoms with Gasteiger partial charge in [-0.15, -0.1) is 0 Å². The average Bonchev–Trinajstić information content (AvgIpc) is 2.72. The molecule has 6 heteroatoms. The van der Waals surface area contributed by atoms with E-state index in [-0.39, 0.29) is 12.3 Å². The van der Waals surface area contributed by atoms with Crippen molar-refractivity contribution in [2.75, 3.05) is 13.1 Å². The van der Waals surface area contributed by atoms with Gasteiger partial charge in [-0.05, 0) is 29.5 Å². The molecule has 2 fully saturated rings. The molecule has 2 saturated heterocycles. The number of piperidine rings is 1. The molecule has 0 bridgehead atoms. The number of nitrogens with zero attached hydrogens (tertiary/aromatic N) is 2. The summed E-state index contributed by atoms with van der Waals surface area (Å²) in [5.74, 6) is -1.37. The van der Waals surface area contributed by atoms with Gasteiger partial charge in [0.1, 0.15) is 6.04 Å². The second-order valence-corrected chi connectivity index (χ2v) is 7.38. The number of hydrogen-bond acceptors (Lipinski definition) is 3. The molecule has 0 aliphatic carbocycles. The van der Waals surface area contributed by atoms with Gasteiger partial charge in [0, 0.05) is 19.0 Å². The minimum absolute atomic E-state index is 0.0997. The highest BCUT2D eigenvalue weighted by molar-refractivity contribution is 6.05. The van der Waals surface area contributed by atoms with E-state index < -0.39 is 23.9 Å². The van der Waals surface area contributed by atoms with E-state index in [0.29, 0.717) is 13.1 Å². The number of β-lactam (4-membered cyclic amide) rings is 1. The Balaban J connectivity index is 1.51. The third-order valence-corrected chi connectivity index (χ3v) is 5.60. The number of carbonyl (C=O) groups is 3. The molecule has 28 heavy (non-hydrogen) atoms. The van der Waals surface area contributed by atoms with Crippen LogP contribution in [-0.2, 0) is 9.59 Å². The van der Waals surface area contributed by atoms with Crippen LogP contribution in [0.1, 0.15) is 30.7 Å². The van der Waals surface area contributed by atoms with E-state index in [9.17, 15) is 19.5 Å². The highest BCUT2D eigenvalue weighted by atomic mass is 16.4. The SMILES string of the molecule is O=C(O)C1CC(=O)N1C(=O)N1CCCC(c2cccc(-c3ccccc3)c2)C1. The molecular formula is C22H22N2O4. The second kappa shape index (κ2) is 7.46. The highest BCUT2D eigenvalue weighted by Gasteiger charge is 2.47. The Labute approximate surface area is 163 Å². The van der Waals surface area contributed by atoms with Gasteiger partial charge in [-0.25, -0.2) is 14.5 Å². The summed E-state index contributed by atoms with van der Waals surface area (Å²) < 4.78 is 0. The normalized spacial score (nSPS) is 21.9. The van der Waals surface area contributed by atoms with E-state index >= 15 is 0 Å². The predicted molar refractivity (Wildman–Crippen MR) is 104 cm³/mol. The van der Waals surface area contributed by atoms with Crippen molar-refractivity contribution >= 4 is 17.9 Å². The quantitative estimate of drug-likeness (QED) is 0.831. The van der Waals surface area contributed by atoms with E-state index in [1.54, 1.807) is 4.90 Å². The van der Waals surface area contributed by atoms with Crippen LogP contribution in [0.4, 0.5) is 4.79 Å². The molecular weight excluding hydrogens is 356 g/mol.